The van der Waals surface area contributed by atoms with Crippen LogP contribution in [0.15, 0.2) is 16.6 Å². The number of fused-ring (bicyclic) bond motifs is 1. The molecule has 2 atom stereocenters. The third kappa shape index (κ3) is 3.25. The molecule has 108 valence electrons. The number of hydrogen-bond acceptors (Lipinski definition) is 4. The van der Waals surface area contributed by atoms with Crippen LogP contribution >= 0.6 is 28.3 Å². The first-order chi connectivity index (χ1) is 8.30. The molecule has 0 aromatic heterocycles. The molecule has 1 aromatic rings. The van der Waals surface area contributed by atoms with E-state index in [2.05, 4.69) is 15.9 Å². The monoisotopic (exact) mass is 363 g/mol. The highest BCUT2D eigenvalue weighted by Gasteiger charge is 2.43. The smallest absolute Gasteiger partial charge is 0.416 e. The lowest BCUT2D eigenvalue weighted by Gasteiger charge is -2.22. The minimum atomic E-state index is -4.78. The van der Waals surface area contributed by atoms with Crippen LogP contribution in [0.3, 0.4) is 0 Å². The van der Waals surface area contributed by atoms with E-state index >= 15 is 0 Å². The lowest BCUT2D eigenvalue weighted by Crippen LogP contribution is -2.39. The first-order valence-electron chi connectivity index (χ1n) is 4.90. The molecule has 0 bridgehead atoms. The maximum absolute atomic E-state index is 12.4. The van der Waals surface area contributed by atoms with Gasteiger partial charge in [0, 0.05) is 4.47 Å². The normalized spacial score (nSPS) is 16.7. The number of rotatable bonds is 2. The number of hydrogen-bond donors (Lipinski definition) is 2. The van der Waals surface area contributed by atoms with Crippen LogP contribution in [0.5, 0.6) is 11.5 Å². The number of halogens is 5. The second-order valence-corrected chi connectivity index (χ2v) is 4.59. The zero-order chi connectivity index (χ0) is 13.5. The van der Waals surface area contributed by atoms with Gasteiger partial charge in [-0.05, 0) is 17.7 Å². The van der Waals surface area contributed by atoms with Gasteiger partial charge in [-0.2, -0.15) is 13.2 Å². The maximum Gasteiger partial charge on any atom is 0.416 e. The lowest BCUT2D eigenvalue weighted by atomic mass is 10.0. The number of aliphatic hydroxyl groups is 1. The largest absolute Gasteiger partial charge is 0.454 e. The molecule has 3 N–H and O–H groups in total. The van der Waals surface area contributed by atoms with E-state index in [9.17, 15) is 13.2 Å². The molecule has 1 aliphatic rings. The second kappa shape index (κ2) is 5.74. The highest BCUT2D eigenvalue weighted by molar-refractivity contribution is 9.10. The Labute approximate surface area is 121 Å². The summed E-state index contributed by atoms with van der Waals surface area (Å²) in [5.41, 5.74) is 5.52. The van der Waals surface area contributed by atoms with E-state index in [-0.39, 0.29) is 24.8 Å². The zero-order valence-corrected chi connectivity index (χ0v) is 11.7. The maximum atomic E-state index is 12.4. The molecule has 1 heterocycles. The fourth-order valence-corrected chi connectivity index (χ4v) is 2.15. The first-order valence-corrected chi connectivity index (χ1v) is 5.69. The standard InChI is InChI=1S/C10H9BrF3NO3.ClH/c11-5-2-7-6(17-3-18-7)1-4(5)8(15)9(16)10(12,13)14;/h1-2,8-9,16H,3,15H2;1H/t8-,9-;/m1./s1. The van der Waals surface area contributed by atoms with Crippen molar-refractivity contribution >= 4 is 28.3 Å². The Morgan fingerprint density at radius 3 is 2.32 bits per heavy atom. The van der Waals surface area contributed by atoms with E-state index in [0.717, 1.165) is 0 Å². The molecule has 0 aliphatic carbocycles. The third-order valence-electron chi connectivity index (χ3n) is 2.53. The number of alkyl halides is 3. The van der Waals surface area contributed by atoms with Crippen molar-refractivity contribution in [2.75, 3.05) is 6.79 Å². The first kappa shape index (κ1) is 16.4. The van der Waals surface area contributed by atoms with E-state index in [4.69, 9.17) is 20.3 Å². The highest BCUT2D eigenvalue weighted by Crippen LogP contribution is 2.40. The minimum Gasteiger partial charge on any atom is -0.454 e. The van der Waals surface area contributed by atoms with Gasteiger partial charge >= 0.3 is 6.18 Å². The fraction of sp³-hybridized carbons (Fsp3) is 0.400. The van der Waals surface area contributed by atoms with Crippen LogP contribution in [0.2, 0.25) is 0 Å². The summed E-state index contributed by atoms with van der Waals surface area (Å²) < 4.78 is 47.6. The van der Waals surface area contributed by atoms with E-state index in [0.29, 0.717) is 16.0 Å². The van der Waals surface area contributed by atoms with Gasteiger partial charge in [-0.3, -0.25) is 0 Å². The summed E-state index contributed by atoms with van der Waals surface area (Å²) in [6.07, 6.45) is -7.43. The third-order valence-corrected chi connectivity index (χ3v) is 3.21. The lowest BCUT2D eigenvalue weighted by molar-refractivity contribution is -0.210. The van der Waals surface area contributed by atoms with Crippen molar-refractivity contribution in [3.63, 3.8) is 0 Å². The average molecular weight is 365 g/mol. The fourth-order valence-electron chi connectivity index (χ4n) is 1.56. The number of nitrogens with two attached hydrogens (primary N) is 1. The molecule has 19 heavy (non-hydrogen) atoms. The Balaban J connectivity index is 0.00000180. The van der Waals surface area contributed by atoms with Crippen molar-refractivity contribution in [1.29, 1.82) is 0 Å². The van der Waals surface area contributed by atoms with Crippen LogP contribution in [-0.4, -0.2) is 24.2 Å². The van der Waals surface area contributed by atoms with Crippen LogP contribution in [0.4, 0.5) is 13.2 Å². The van der Waals surface area contributed by atoms with Gasteiger partial charge in [0.1, 0.15) is 0 Å². The molecule has 0 saturated heterocycles. The Kier molecular flexibility index (Phi) is 4.94. The number of ether oxygens (including phenoxy) is 2. The molecule has 0 amide bonds. The summed E-state index contributed by atoms with van der Waals surface area (Å²) in [6.45, 7) is 0.00227. The van der Waals surface area contributed by atoms with Gasteiger partial charge in [0.05, 0.1) is 6.04 Å². The SMILES string of the molecule is Cl.N[C@H](c1cc2c(cc1Br)OCO2)[C@@H](O)C(F)(F)F. The molecule has 1 aliphatic heterocycles. The molecular weight excluding hydrogens is 354 g/mol. The second-order valence-electron chi connectivity index (χ2n) is 3.74. The van der Waals surface area contributed by atoms with Gasteiger partial charge in [0.15, 0.2) is 17.6 Å². The van der Waals surface area contributed by atoms with Gasteiger partial charge in [-0.25, -0.2) is 0 Å². The van der Waals surface area contributed by atoms with E-state index in [1.165, 1.54) is 12.1 Å². The van der Waals surface area contributed by atoms with Gasteiger partial charge < -0.3 is 20.3 Å². The Bertz CT molecular complexity index is 472. The highest BCUT2D eigenvalue weighted by atomic mass is 79.9. The van der Waals surface area contributed by atoms with E-state index in [1.807, 2.05) is 0 Å². The van der Waals surface area contributed by atoms with Crippen molar-refractivity contribution in [3.8, 4) is 11.5 Å². The summed E-state index contributed by atoms with van der Waals surface area (Å²) in [6, 6.07) is 1.18. The molecule has 0 saturated carbocycles. The Morgan fingerprint density at radius 1 is 1.26 bits per heavy atom. The minimum absolute atomic E-state index is 0. The van der Waals surface area contributed by atoms with Gasteiger partial charge in [0.25, 0.3) is 0 Å². The summed E-state index contributed by atoms with van der Waals surface area (Å²) in [5.74, 6) is 0.720. The van der Waals surface area contributed by atoms with Gasteiger partial charge in [-0.1, -0.05) is 15.9 Å². The van der Waals surface area contributed by atoms with Crippen LogP contribution in [0, 0.1) is 0 Å². The Hall–Kier alpha value is -0.700. The van der Waals surface area contributed by atoms with Crippen LogP contribution in [0.1, 0.15) is 11.6 Å². The van der Waals surface area contributed by atoms with Crippen molar-refractivity contribution < 1.29 is 27.8 Å². The van der Waals surface area contributed by atoms with Crippen molar-refractivity contribution in [3.05, 3.63) is 22.2 Å². The van der Waals surface area contributed by atoms with Gasteiger partial charge in [-0.15, -0.1) is 12.4 Å². The molecule has 0 radical (unpaired) electrons. The molecule has 0 spiro atoms. The predicted octanol–water partition coefficient (Wildman–Crippen LogP) is 2.52. The summed E-state index contributed by atoms with van der Waals surface area (Å²) in [7, 11) is 0. The van der Waals surface area contributed by atoms with Gasteiger partial charge in [0.2, 0.25) is 6.79 Å². The number of aliphatic hydroxyl groups excluding tert-OH is 1. The van der Waals surface area contributed by atoms with Crippen LogP contribution in [0.25, 0.3) is 0 Å². The zero-order valence-electron chi connectivity index (χ0n) is 9.28. The average Bonchev–Trinajstić information content (AvgIpc) is 2.71. The number of benzene rings is 1. The predicted molar refractivity (Wildman–Crippen MR) is 66.5 cm³/mol. The van der Waals surface area contributed by atoms with Crippen LogP contribution < -0.4 is 15.2 Å². The topological polar surface area (TPSA) is 64.7 Å². The summed E-state index contributed by atoms with van der Waals surface area (Å²) >= 11 is 3.09. The van der Waals surface area contributed by atoms with E-state index < -0.39 is 18.3 Å². The van der Waals surface area contributed by atoms with Crippen molar-refractivity contribution in [2.45, 2.75) is 18.3 Å². The Morgan fingerprint density at radius 2 is 1.79 bits per heavy atom. The summed E-state index contributed by atoms with van der Waals surface area (Å²) in [4.78, 5) is 0. The molecule has 9 heteroatoms. The van der Waals surface area contributed by atoms with E-state index in [1.54, 1.807) is 0 Å². The molecular formula is C10H10BrClF3NO3. The molecule has 1 aromatic carbocycles. The summed E-state index contributed by atoms with van der Waals surface area (Å²) in [5, 5.41) is 9.14. The quantitative estimate of drug-likeness (QED) is 0.846. The van der Waals surface area contributed by atoms with Crippen molar-refractivity contribution in [2.24, 2.45) is 5.73 Å². The molecule has 4 nitrogen and oxygen atoms in total. The molecule has 0 unspecified atom stereocenters. The molecule has 2 rings (SSSR count). The van der Waals surface area contributed by atoms with Crippen LogP contribution in [-0.2, 0) is 0 Å². The van der Waals surface area contributed by atoms with Crippen molar-refractivity contribution in [1.82, 2.24) is 0 Å². The molecule has 0 fully saturated rings.